The molecule has 0 saturated heterocycles. The van der Waals surface area contributed by atoms with Crippen molar-refractivity contribution >= 4 is 37.9 Å². The molecule has 130 valence electrons. The molecule has 2 aromatic carbocycles. The molecule has 3 aromatic rings. The number of thiazole rings is 1. The second-order valence-corrected chi connectivity index (χ2v) is 7.85. The maximum absolute atomic E-state index is 13.7. The minimum absolute atomic E-state index is 0.00796. The van der Waals surface area contributed by atoms with E-state index in [1.807, 2.05) is 0 Å². The van der Waals surface area contributed by atoms with Crippen LogP contribution in [0.15, 0.2) is 47.8 Å². The van der Waals surface area contributed by atoms with Gasteiger partial charge in [-0.1, -0.05) is 12.1 Å². The second-order valence-electron chi connectivity index (χ2n) is 5.24. The van der Waals surface area contributed by atoms with E-state index in [1.165, 1.54) is 11.3 Å². The van der Waals surface area contributed by atoms with Crippen LogP contribution in [-0.2, 0) is 10.0 Å². The van der Waals surface area contributed by atoms with Gasteiger partial charge in [0.25, 0.3) is 0 Å². The van der Waals surface area contributed by atoms with Crippen LogP contribution in [0.4, 0.5) is 25.3 Å². The third-order valence-electron chi connectivity index (χ3n) is 3.16. The largest absolute Gasteiger partial charge is 0.329 e. The lowest BCUT2D eigenvalue weighted by Gasteiger charge is -2.05. The third kappa shape index (κ3) is 4.52. The van der Waals surface area contributed by atoms with Crippen molar-refractivity contribution in [3.8, 4) is 11.3 Å². The Bertz CT molecular complexity index is 1000. The number of nitrogens with zero attached hydrogens (tertiary/aromatic N) is 1. The van der Waals surface area contributed by atoms with Crippen molar-refractivity contribution in [2.24, 2.45) is 0 Å². The molecule has 0 aliphatic rings. The number of anilines is 3. The lowest BCUT2D eigenvalue weighted by atomic mass is 10.1. The molecule has 0 saturated carbocycles. The predicted octanol–water partition coefficient (Wildman–Crippen LogP) is 4.20. The molecule has 0 atom stereocenters. The number of benzene rings is 2. The summed E-state index contributed by atoms with van der Waals surface area (Å²) >= 11 is 1.25. The first kappa shape index (κ1) is 17.3. The van der Waals surface area contributed by atoms with Gasteiger partial charge in [0.1, 0.15) is 11.6 Å². The van der Waals surface area contributed by atoms with Gasteiger partial charge in [-0.05, 0) is 24.3 Å². The van der Waals surface area contributed by atoms with Gasteiger partial charge in [0.2, 0.25) is 10.0 Å². The summed E-state index contributed by atoms with van der Waals surface area (Å²) < 4.78 is 51.6. The van der Waals surface area contributed by atoms with Crippen molar-refractivity contribution in [3.63, 3.8) is 0 Å². The van der Waals surface area contributed by atoms with Crippen molar-refractivity contribution in [1.82, 2.24) is 4.98 Å². The van der Waals surface area contributed by atoms with E-state index in [1.54, 1.807) is 29.6 Å². The van der Waals surface area contributed by atoms with Crippen molar-refractivity contribution in [2.45, 2.75) is 0 Å². The summed E-state index contributed by atoms with van der Waals surface area (Å²) in [4.78, 5) is 4.33. The molecule has 0 bridgehead atoms. The summed E-state index contributed by atoms with van der Waals surface area (Å²) in [6.45, 7) is 0. The molecule has 0 aliphatic carbocycles. The SMILES string of the molecule is CS(=O)(=O)Nc1ccc(-c2csc(Nc3cc(F)ccc3F)n2)cc1. The molecule has 25 heavy (non-hydrogen) atoms. The highest BCUT2D eigenvalue weighted by Crippen LogP contribution is 2.29. The molecule has 9 heteroatoms. The quantitative estimate of drug-likeness (QED) is 0.695. The van der Waals surface area contributed by atoms with Crippen LogP contribution in [0.3, 0.4) is 0 Å². The van der Waals surface area contributed by atoms with Crippen molar-refractivity contribution in [2.75, 3.05) is 16.3 Å². The van der Waals surface area contributed by atoms with Gasteiger partial charge >= 0.3 is 0 Å². The number of aromatic nitrogens is 1. The third-order valence-corrected chi connectivity index (χ3v) is 4.52. The first-order valence-corrected chi connectivity index (χ1v) is 9.83. The van der Waals surface area contributed by atoms with Gasteiger partial charge < -0.3 is 5.32 Å². The number of hydrogen-bond donors (Lipinski definition) is 2. The van der Waals surface area contributed by atoms with Crippen LogP contribution in [-0.4, -0.2) is 19.7 Å². The summed E-state index contributed by atoms with van der Waals surface area (Å²) in [7, 11) is -3.33. The second kappa shape index (κ2) is 6.77. The molecular weight excluding hydrogens is 368 g/mol. The van der Waals surface area contributed by atoms with Crippen molar-refractivity contribution < 1.29 is 17.2 Å². The molecule has 0 fully saturated rings. The summed E-state index contributed by atoms with van der Waals surface area (Å²) in [6.07, 6.45) is 1.07. The molecule has 3 rings (SSSR count). The van der Waals surface area contributed by atoms with Crippen LogP contribution in [0.2, 0.25) is 0 Å². The predicted molar refractivity (Wildman–Crippen MR) is 95.7 cm³/mol. The zero-order valence-corrected chi connectivity index (χ0v) is 14.6. The monoisotopic (exact) mass is 381 g/mol. The standard InChI is InChI=1S/C16H13F2N3O2S2/c1-25(22,23)21-12-5-2-10(3-6-12)15-9-24-16(20-15)19-14-8-11(17)4-7-13(14)18/h2-9,21H,1H3,(H,19,20). The highest BCUT2D eigenvalue weighted by Gasteiger charge is 2.09. The van der Waals surface area contributed by atoms with Gasteiger partial charge in [-0.3, -0.25) is 4.72 Å². The van der Waals surface area contributed by atoms with Gasteiger partial charge in [-0.15, -0.1) is 11.3 Å². The number of nitrogens with one attached hydrogen (secondary N) is 2. The molecular formula is C16H13F2N3O2S2. The number of rotatable bonds is 5. The summed E-state index contributed by atoms with van der Waals surface area (Å²) in [5.41, 5.74) is 1.86. The molecule has 0 unspecified atom stereocenters. The van der Waals surface area contributed by atoms with E-state index in [-0.39, 0.29) is 5.69 Å². The summed E-state index contributed by atoms with van der Waals surface area (Å²) in [5, 5.41) is 4.92. The molecule has 0 amide bonds. The van der Waals surface area contributed by atoms with Crippen LogP contribution >= 0.6 is 11.3 Å². The van der Waals surface area contributed by atoms with E-state index in [0.717, 1.165) is 30.0 Å². The number of sulfonamides is 1. The maximum Gasteiger partial charge on any atom is 0.229 e. The molecule has 0 radical (unpaired) electrons. The van der Waals surface area contributed by atoms with Gasteiger partial charge in [-0.2, -0.15) is 0 Å². The molecule has 1 heterocycles. The van der Waals surface area contributed by atoms with Crippen molar-refractivity contribution in [1.29, 1.82) is 0 Å². The topological polar surface area (TPSA) is 71.1 Å². The Labute approximate surface area is 147 Å². The first-order valence-electron chi connectivity index (χ1n) is 7.06. The lowest BCUT2D eigenvalue weighted by molar-refractivity contribution is 0.603. The maximum atomic E-state index is 13.7. The average molecular weight is 381 g/mol. The van der Waals surface area contributed by atoms with Crippen LogP contribution in [0.1, 0.15) is 0 Å². The highest BCUT2D eigenvalue weighted by molar-refractivity contribution is 7.92. The molecule has 0 aliphatic heterocycles. The Morgan fingerprint density at radius 3 is 2.48 bits per heavy atom. The van der Waals surface area contributed by atoms with Gasteiger partial charge in [0, 0.05) is 22.7 Å². The van der Waals surface area contributed by atoms with Crippen LogP contribution < -0.4 is 10.0 Å². The molecule has 0 spiro atoms. The Kier molecular flexibility index (Phi) is 4.69. The van der Waals surface area contributed by atoms with E-state index in [9.17, 15) is 17.2 Å². The van der Waals surface area contributed by atoms with Gasteiger partial charge in [0.05, 0.1) is 17.6 Å². The lowest BCUT2D eigenvalue weighted by Crippen LogP contribution is -2.09. The van der Waals surface area contributed by atoms with E-state index in [2.05, 4.69) is 15.0 Å². The van der Waals surface area contributed by atoms with Crippen LogP contribution in [0.5, 0.6) is 0 Å². The Hall–Kier alpha value is -2.52. The Morgan fingerprint density at radius 1 is 1.08 bits per heavy atom. The van der Waals surface area contributed by atoms with E-state index < -0.39 is 21.7 Å². The van der Waals surface area contributed by atoms with Gasteiger partial charge in [-0.25, -0.2) is 22.2 Å². The fourth-order valence-electron chi connectivity index (χ4n) is 2.10. The molecule has 5 nitrogen and oxygen atoms in total. The fourth-order valence-corrected chi connectivity index (χ4v) is 3.39. The first-order chi connectivity index (χ1) is 11.8. The Balaban J connectivity index is 1.78. The molecule has 1 aromatic heterocycles. The van der Waals surface area contributed by atoms with E-state index in [4.69, 9.17) is 0 Å². The Morgan fingerprint density at radius 2 is 1.80 bits per heavy atom. The summed E-state index contributed by atoms with van der Waals surface area (Å²) in [6, 6.07) is 9.82. The number of halogens is 2. The summed E-state index contributed by atoms with van der Waals surface area (Å²) in [5.74, 6) is -1.12. The zero-order valence-electron chi connectivity index (χ0n) is 13.0. The minimum Gasteiger partial charge on any atom is -0.329 e. The zero-order chi connectivity index (χ0) is 18.0. The smallest absolute Gasteiger partial charge is 0.229 e. The van der Waals surface area contributed by atoms with Crippen molar-refractivity contribution in [3.05, 3.63) is 59.5 Å². The fraction of sp³-hybridized carbons (Fsp3) is 0.0625. The number of hydrogen-bond acceptors (Lipinski definition) is 5. The normalized spacial score (nSPS) is 11.3. The van der Waals surface area contributed by atoms with Crippen LogP contribution in [0, 0.1) is 11.6 Å². The highest BCUT2D eigenvalue weighted by atomic mass is 32.2. The van der Waals surface area contributed by atoms with Crippen LogP contribution in [0.25, 0.3) is 11.3 Å². The molecule has 2 N–H and O–H groups in total. The average Bonchev–Trinajstić information content (AvgIpc) is 2.99. The van der Waals surface area contributed by atoms with E-state index >= 15 is 0 Å². The van der Waals surface area contributed by atoms with E-state index in [0.29, 0.717) is 16.5 Å². The minimum atomic E-state index is -3.33. The van der Waals surface area contributed by atoms with Gasteiger partial charge in [0.15, 0.2) is 5.13 Å².